The van der Waals surface area contributed by atoms with Gasteiger partial charge in [0.05, 0.1) is 7.11 Å². The van der Waals surface area contributed by atoms with Crippen molar-refractivity contribution >= 4 is 23.6 Å². The number of rotatable bonds is 5. The van der Waals surface area contributed by atoms with E-state index in [9.17, 15) is 9.59 Å². The highest BCUT2D eigenvalue weighted by atomic mass is 16.5. The predicted molar refractivity (Wildman–Crippen MR) is 88.4 cm³/mol. The van der Waals surface area contributed by atoms with Gasteiger partial charge >= 0.3 is 5.97 Å². The van der Waals surface area contributed by atoms with Gasteiger partial charge in [-0.05, 0) is 36.4 Å². The van der Waals surface area contributed by atoms with Gasteiger partial charge in [-0.1, -0.05) is 18.2 Å². The summed E-state index contributed by atoms with van der Waals surface area (Å²) in [4.78, 5) is 22.8. The van der Waals surface area contributed by atoms with Gasteiger partial charge in [0.2, 0.25) is 5.91 Å². The van der Waals surface area contributed by atoms with Crippen LogP contribution in [0.5, 0.6) is 11.5 Å². The van der Waals surface area contributed by atoms with Gasteiger partial charge in [0.1, 0.15) is 11.5 Å². The van der Waals surface area contributed by atoms with Gasteiger partial charge in [-0.3, -0.25) is 4.79 Å². The third kappa shape index (κ3) is 5.00. The van der Waals surface area contributed by atoms with Crippen molar-refractivity contribution in [1.82, 2.24) is 0 Å². The van der Waals surface area contributed by atoms with Gasteiger partial charge in [-0.25, -0.2) is 4.79 Å². The summed E-state index contributed by atoms with van der Waals surface area (Å²) < 4.78 is 10.4. The second-order valence-corrected chi connectivity index (χ2v) is 4.70. The molecule has 0 saturated heterocycles. The van der Waals surface area contributed by atoms with Crippen molar-refractivity contribution in [3.8, 4) is 11.5 Å². The molecule has 5 nitrogen and oxygen atoms in total. The molecule has 0 aliphatic rings. The van der Waals surface area contributed by atoms with Crippen LogP contribution < -0.4 is 14.8 Å². The van der Waals surface area contributed by atoms with E-state index in [1.165, 1.54) is 13.0 Å². The fraction of sp³-hybridized carbons (Fsp3) is 0.111. The standard InChI is InChI=1S/C18H17NO4/c1-13(20)19-15-8-10-16(11-9-15)23-18(21)12-7-14-5-3-4-6-17(14)22-2/h3-12H,1-2H3,(H,19,20)/b12-7+. The molecule has 0 aliphatic carbocycles. The van der Waals surface area contributed by atoms with Crippen LogP contribution >= 0.6 is 0 Å². The average Bonchev–Trinajstić information content (AvgIpc) is 2.54. The Kier molecular flexibility index (Phi) is 5.52. The van der Waals surface area contributed by atoms with E-state index in [1.54, 1.807) is 37.5 Å². The lowest BCUT2D eigenvalue weighted by Crippen LogP contribution is -2.06. The number of anilines is 1. The molecule has 23 heavy (non-hydrogen) atoms. The minimum absolute atomic E-state index is 0.158. The van der Waals surface area contributed by atoms with Crippen LogP contribution in [-0.4, -0.2) is 19.0 Å². The molecule has 0 aliphatic heterocycles. The molecule has 0 unspecified atom stereocenters. The van der Waals surface area contributed by atoms with Crippen molar-refractivity contribution in [3.63, 3.8) is 0 Å². The largest absolute Gasteiger partial charge is 0.496 e. The number of ether oxygens (including phenoxy) is 2. The SMILES string of the molecule is COc1ccccc1/C=C/C(=O)Oc1ccc(NC(C)=O)cc1. The third-order valence-corrected chi connectivity index (χ3v) is 2.93. The first kappa shape index (κ1) is 16.3. The first-order chi connectivity index (χ1) is 11.1. The van der Waals surface area contributed by atoms with Crippen LogP contribution in [0.3, 0.4) is 0 Å². The van der Waals surface area contributed by atoms with E-state index in [0.29, 0.717) is 17.2 Å². The first-order valence-electron chi connectivity index (χ1n) is 6.99. The Hall–Kier alpha value is -3.08. The molecule has 1 N–H and O–H groups in total. The molecular weight excluding hydrogens is 294 g/mol. The van der Waals surface area contributed by atoms with Crippen LogP contribution in [0, 0.1) is 0 Å². The normalized spacial score (nSPS) is 10.3. The van der Waals surface area contributed by atoms with Crippen LogP contribution in [0.1, 0.15) is 12.5 Å². The minimum Gasteiger partial charge on any atom is -0.496 e. The Morgan fingerprint density at radius 2 is 1.74 bits per heavy atom. The molecule has 0 aromatic heterocycles. The number of para-hydroxylation sites is 1. The van der Waals surface area contributed by atoms with Gasteiger partial charge in [0.25, 0.3) is 0 Å². The van der Waals surface area contributed by atoms with E-state index in [2.05, 4.69) is 5.32 Å². The van der Waals surface area contributed by atoms with E-state index in [0.717, 1.165) is 5.56 Å². The van der Waals surface area contributed by atoms with Gasteiger partial charge in [0, 0.05) is 24.3 Å². The molecule has 2 aromatic rings. The fourth-order valence-corrected chi connectivity index (χ4v) is 1.92. The third-order valence-electron chi connectivity index (χ3n) is 2.93. The van der Waals surface area contributed by atoms with Gasteiger partial charge < -0.3 is 14.8 Å². The number of nitrogens with one attached hydrogen (secondary N) is 1. The number of hydrogen-bond acceptors (Lipinski definition) is 4. The number of amides is 1. The number of carbonyl (C=O) groups excluding carboxylic acids is 2. The zero-order valence-electron chi connectivity index (χ0n) is 12.9. The second kappa shape index (κ2) is 7.79. The summed E-state index contributed by atoms with van der Waals surface area (Å²) in [7, 11) is 1.57. The van der Waals surface area contributed by atoms with Gasteiger partial charge in [-0.15, -0.1) is 0 Å². The molecular formula is C18H17NO4. The first-order valence-corrected chi connectivity index (χ1v) is 6.99. The quantitative estimate of drug-likeness (QED) is 0.523. The van der Waals surface area contributed by atoms with E-state index >= 15 is 0 Å². The minimum atomic E-state index is -0.497. The van der Waals surface area contributed by atoms with Crippen molar-refractivity contribution < 1.29 is 19.1 Å². The van der Waals surface area contributed by atoms with Crippen molar-refractivity contribution in [2.45, 2.75) is 6.92 Å². The van der Waals surface area contributed by atoms with E-state index < -0.39 is 5.97 Å². The number of esters is 1. The van der Waals surface area contributed by atoms with Crippen LogP contribution in [0.4, 0.5) is 5.69 Å². The summed E-state index contributed by atoms with van der Waals surface area (Å²) in [6, 6.07) is 13.9. The van der Waals surface area contributed by atoms with Crippen LogP contribution in [-0.2, 0) is 9.59 Å². The average molecular weight is 311 g/mol. The number of benzene rings is 2. The molecule has 0 radical (unpaired) electrons. The number of hydrogen-bond donors (Lipinski definition) is 1. The molecule has 0 saturated carbocycles. The summed E-state index contributed by atoms with van der Waals surface area (Å²) in [6.45, 7) is 1.43. The van der Waals surface area contributed by atoms with Crippen molar-refractivity contribution in [1.29, 1.82) is 0 Å². The predicted octanol–water partition coefficient (Wildman–Crippen LogP) is 3.27. The molecule has 0 fully saturated rings. The van der Waals surface area contributed by atoms with Crippen LogP contribution in [0.2, 0.25) is 0 Å². The highest BCUT2D eigenvalue weighted by Gasteiger charge is 2.03. The summed E-state index contributed by atoms with van der Waals surface area (Å²) in [6.07, 6.45) is 2.96. The monoisotopic (exact) mass is 311 g/mol. The molecule has 2 rings (SSSR count). The summed E-state index contributed by atoms with van der Waals surface area (Å²) in [5.74, 6) is 0.419. The van der Waals surface area contributed by atoms with Crippen molar-refractivity contribution in [2.24, 2.45) is 0 Å². The van der Waals surface area contributed by atoms with Crippen LogP contribution in [0.15, 0.2) is 54.6 Å². The van der Waals surface area contributed by atoms with E-state index in [-0.39, 0.29) is 5.91 Å². The smallest absolute Gasteiger partial charge is 0.336 e. The van der Waals surface area contributed by atoms with Gasteiger partial charge in [-0.2, -0.15) is 0 Å². The summed E-state index contributed by atoms with van der Waals surface area (Å²) >= 11 is 0. The zero-order chi connectivity index (χ0) is 16.7. The molecule has 0 heterocycles. The lowest BCUT2D eigenvalue weighted by atomic mass is 10.2. The molecule has 0 spiro atoms. The Morgan fingerprint density at radius 3 is 2.39 bits per heavy atom. The topological polar surface area (TPSA) is 64.6 Å². The van der Waals surface area contributed by atoms with Gasteiger partial charge in [0.15, 0.2) is 0 Å². The maximum atomic E-state index is 11.8. The highest BCUT2D eigenvalue weighted by Crippen LogP contribution is 2.19. The molecule has 1 amide bonds. The summed E-state index contributed by atoms with van der Waals surface area (Å²) in [5, 5.41) is 2.64. The fourth-order valence-electron chi connectivity index (χ4n) is 1.92. The Bertz CT molecular complexity index is 720. The van der Waals surface area contributed by atoms with Crippen molar-refractivity contribution in [2.75, 3.05) is 12.4 Å². The van der Waals surface area contributed by atoms with Crippen LogP contribution in [0.25, 0.3) is 6.08 Å². The lowest BCUT2D eigenvalue weighted by Gasteiger charge is -2.05. The molecule has 118 valence electrons. The number of carbonyl (C=O) groups is 2. The maximum absolute atomic E-state index is 11.8. The Labute approximate surface area is 134 Å². The van der Waals surface area contributed by atoms with E-state index in [1.807, 2.05) is 24.3 Å². The summed E-state index contributed by atoms with van der Waals surface area (Å²) in [5.41, 5.74) is 1.43. The number of methoxy groups -OCH3 is 1. The molecule has 0 atom stereocenters. The second-order valence-electron chi connectivity index (χ2n) is 4.70. The molecule has 0 bridgehead atoms. The zero-order valence-corrected chi connectivity index (χ0v) is 12.9. The van der Waals surface area contributed by atoms with E-state index in [4.69, 9.17) is 9.47 Å². The highest BCUT2D eigenvalue weighted by molar-refractivity contribution is 5.90. The Morgan fingerprint density at radius 1 is 1.04 bits per heavy atom. The molecule has 5 heteroatoms. The Balaban J connectivity index is 1.99. The van der Waals surface area contributed by atoms with Crippen molar-refractivity contribution in [3.05, 3.63) is 60.2 Å². The molecule has 2 aromatic carbocycles. The maximum Gasteiger partial charge on any atom is 0.336 e. The lowest BCUT2D eigenvalue weighted by molar-refractivity contribution is -0.128.